The molecule has 8 nitrogen and oxygen atoms in total. The fourth-order valence-electron chi connectivity index (χ4n) is 4.67. The van der Waals surface area contributed by atoms with Gasteiger partial charge in [0.1, 0.15) is 5.75 Å². The Labute approximate surface area is 175 Å². The molecular formula is C22H27N7O. The molecule has 3 atom stereocenters. The number of piperidine rings is 1. The highest BCUT2D eigenvalue weighted by Crippen LogP contribution is 2.33. The maximum atomic E-state index is 10.6. The van der Waals surface area contributed by atoms with Gasteiger partial charge in [-0.15, -0.1) is 10.2 Å². The van der Waals surface area contributed by atoms with E-state index in [0.717, 1.165) is 30.0 Å². The van der Waals surface area contributed by atoms with Crippen molar-refractivity contribution in [1.29, 1.82) is 0 Å². The summed E-state index contributed by atoms with van der Waals surface area (Å²) in [6.07, 6.45) is 6.59. The van der Waals surface area contributed by atoms with Crippen molar-refractivity contribution in [2.75, 3.05) is 17.7 Å². The monoisotopic (exact) mass is 405 g/mol. The number of phenols is 1. The Bertz CT molecular complexity index is 1030. The Morgan fingerprint density at radius 1 is 1.13 bits per heavy atom. The maximum absolute atomic E-state index is 10.6. The third-order valence-corrected chi connectivity index (χ3v) is 6.47. The van der Waals surface area contributed by atoms with Gasteiger partial charge < -0.3 is 21.1 Å². The number of hydrogen-bond acceptors (Lipinski definition) is 7. The largest absolute Gasteiger partial charge is 0.507 e. The van der Waals surface area contributed by atoms with Crippen molar-refractivity contribution >= 4 is 11.5 Å². The van der Waals surface area contributed by atoms with Crippen LogP contribution in [0.4, 0.5) is 11.5 Å². The zero-order chi connectivity index (χ0) is 20.8. The van der Waals surface area contributed by atoms with Crippen molar-refractivity contribution in [1.82, 2.24) is 25.3 Å². The molecule has 8 heteroatoms. The molecule has 2 bridgehead atoms. The maximum Gasteiger partial charge on any atom is 0.151 e. The van der Waals surface area contributed by atoms with Gasteiger partial charge in [0.05, 0.1) is 29.0 Å². The van der Waals surface area contributed by atoms with Gasteiger partial charge in [0.25, 0.3) is 0 Å². The zero-order valence-corrected chi connectivity index (χ0v) is 17.3. The van der Waals surface area contributed by atoms with Gasteiger partial charge in [0.15, 0.2) is 5.82 Å². The fourth-order valence-corrected chi connectivity index (χ4v) is 4.67. The average molecular weight is 406 g/mol. The fraction of sp³-hybridized carbons (Fsp3) is 0.409. The number of benzene rings is 1. The van der Waals surface area contributed by atoms with Gasteiger partial charge in [0, 0.05) is 36.8 Å². The smallest absolute Gasteiger partial charge is 0.151 e. The summed E-state index contributed by atoms with van der Waals surface area (Å²) in [5, 5.41) is 27.4. The van der Waals surface area contributed by atoms with Crippen molar-refractivity contribution in [3.8, 4) is 22.7 Å². The second kappa shape index (κ2) is 7.28. The molecule has 2 aliphatic rings. The summed E-state index contributed by atoms with van der Waals surface area (Å²) < 4.78 is 1.66. The molecule has 0 spiro atoms. The van der Waals surface area contributed by atoms with E-state index in [0.29, 0.717) is 35.1 Å². The number of aryl methyl sites for hydroxylation is 1. The summed E-state index contributed by atoms with van der Waals surface area (Å²) >= 11 is 0. The Morgan fingerprint density at radius 3 is 2.50 bits per heavy atom. The number of nitrogens with zero attached hydrogens (tertiary/aromatic N) is 5. The Hall–Kier alpha value is -3.13. The molecule has 0 amide bonds. The van der Waals surface area contributed by atoms with Gasteiger partial charge in [-0.3, -0.25) is 0 Å². The molecule has 4 N–H and O–H groups in total. The summed E-state index contributed by atoms with van der Waals surface area (Å²) in [4.78, 5) is 2.25. The van der Waals surface area contributed by atoms with Crippen LogP contribution in [0.2, 0.25) is 0 Å². The molecule has 4 heterocycles. The van der Waals surface area contributed by atoms with E-state index in [1.165, 1.54) is 12.8 Å². The second-order valence-electron chi connectivity index (χ2n) is 8.47. The third kappa shape index (κ3) is 3.37. The van der Waals surface area contributed by atoms with Crippen LogP contribution in [0.5, 0.6) is 5.75 Å². The van der Waals surface area contributed by atoms with Gasteiger partial charge in [0.2, 0.25) is 0 Å². The first kappa shape index (κ1) is 18.9. The molecule has 0 radical (unpaired) electrons. The lowest BCUT2D eigenvalue weighted by atomic mass is 9.98. The Kier molecular flexibility index (Phi) is 4.58. The first-order valence-corrected chi connectivity index (χ1v) is 10.5. The molecule has 2 aliphatic heterocycles. The van der Waals surface area contributed by atoms with Crippen molar-refractivity contribution in [2.24, 2.45) is 0 Å². The van der Waals surface area contributed by atoms with Gasteiger partial charge in [-0.25, -0.2) is 4.68 Å². The molecule has 156 valence electrons. The lowest BCUT2D eigenvalue weighted by Crippen LogP contribution is -2.47. The highest BCUT2D eigenvalue weighted by molar-refractivity contribution is 5.69. The van der Waals surface area contributed by atoms with Crippen LogP contribution in [0, 0.1) is 6.92 Å². The summed E-state index contributed by atoms with van der Waals surface area (Å²) in [5.74, 6) is 0.994. The van der Waals surface area contributed by atoms with Crippen LogP contribution < -0.4 is 16.0 Å². The van der Waals surface area contributed by atoms with Gasteiger partial charge in [-0.2, -0.15) is 5.10 Å². The van der Waals surface area contributed by atoms with Crippen molar-refractivity contribution in [3.05, 3.63) is 42.2 Å². The molecule has 0 saturated carbocycles. The number of hydrogen-bond donors (Lipinski definition) is 3. The van der Waals surface area contributed by atoms with Crippen LogP contribution in [0.15, 0.2) is 36.5 Å². The predicted octanol–water partition coefficient (Wildman–Crippen LogP) is 2.64. The van der Waals surface area contributed by atoms with Crippen molar-refractivity contribution in [2.45, 2.75) is 50.7 Å². The minimum Gasteiger partial charge on any atom is -0.507 e. The molecule has 3 aromatic rings. The summed E-state index contributed by atoms with van der Waals surface area (Å²) in [7, 11) is 2.10. The predicted molar refractivity (Wildman–Crippen MR) is 117 cm³/mol. The summed E-state index contributed by atoms with van der Waals surface area (Å²) in [6, 6.07) is 11.0. The highest BCUT2D eigenvalue weighted by Gasteiger charge is 2.35. The summed E-state index contributed by atoms with van der Waals surface area (Å²) in [6.45, 7) is 1.85. The third-order valence-electron chi connectivity index (χ3n) is 6.47. The van der Waals surface area contributed by atoms with E-state index >= 15 is 0 Å². The molecule has 2 fully saturated rings. The normalized spacial score (nSPS) is 22.9. The summed E-state index contributed by atoms with van der Waals surface area (Å²) in [5.41, 5.74) is 9.26. The number of aromatic hydroxyl groups is 1. The lowest BCUT2D eigenvalue weighted by molar-refractivity contribution is 0.353. The van der Waals surface area contributed by atoms with Crippen LogP contribution in [-0.2, 0) is 0 Å². The van der Waals surface area contributed by atoms with E-state index in [1.54, 1.807) is 16.9 Å². The van der Waals surface area contributed by atoms with Crippen LogP contribution in [0.25, 0.3) is 16.9 Å². The number of rotatable bonds is 4. The lowest BCUT2D eigenvalue weighted by Gasteiger charge is -2.36. The molecule has 0 aliphatic carbocycles. The number of nitrogens with one attached hydrogen (secondary N) is 1. The molecule has 2 aromatic heterocycles. The average Bonchev–Trinajstić information content (AvgIpc) is 3.27. The zero-order valence-electron chi connectivity index (χ0n) is 17.3. The number of aromatic nitrogens is 4. The number of phenolic OH excluding ortho intramolecular Hbond substituents is 1. The van der Waals surface area contributed by atoms with Gasteiger partial charge >= 0.3 is 0 Å². The van der Waals surface area contributed by atoms with Crippen LogP contribution in [-0.4, -0.2) is 50.3 Å². The van der Waals surface area contributed by atoms with Crippen LogP contribution >= 0.6 is 0 Å². The van der Waals surface area contributed by atoms with Gasteiger partial charge in [-0.05, 0) is 56.9 Å². The standard InChI is InChI=1S/C22H27N7O/c1-13-19(23)12-29(27-13)16-5-6-18(21(30)11-16)20-7-8-22(26-25-20)28(2)17-9-14-3-4-15(10-17)24-14/h5-8,11-12,14-15,17,24,30H,3-4,9-10,23H2,1-2H3/t14-,15?,17?/m1/s1. The molecule has 5 rings (SSSR count). The van der Waals surface area contributed by atoms with E-state index in [1.807, 2.05) is 31.2 Å². The molecular weight excluding hydrogens is 378 g/mol. The van der Waals surface area contributed by atoms with E-state index in [9.17, 15) is 5.11 Å². The SMILES string of the molecule is Cc1nn(-c2ccc(-c3ccc(N(C)C4CC5CC[C@H](C4)N5)nn3)c(O)c2)cc1N. The van der Waals surface area contributed by atoms with E-state index in [-0.39, 0.29) is 5.75 Å². The van der Waals surface area contributed by atoms with E-state index in [4.69, 9.17) is 5.73 Å². The number of fused-ring (bicyclic) bond motifs is 2. The number of nitrogens with two attached hydrogens (primary N) is 1. The van der Waals surface area contributed by atoms with E-state index < -0.39 is 0 Å². The minimum atomic E-state index is 0.129. The van der Waals surface area contributed by atoms with Crippen LogP contribution in [0.3, 0.4) is 0 Å². The van der Waals surface area contributed by atoms with E-state index in [2.05, 4.69) is 32.6 Å². The second-order valence-corrected chi connectivity index (χ2v) is 8.47. The topological polar surface area (TPSA) is 105 Å². The Balaban J connectivity index is 1.35. The Morgan fingerprint density at radius 2 is 1.90 bits per heavy atom. The first-order valence-electron chi connectivity index (χ1n) is 10.5. The molecule has 2 unspecified atom stereocenters. The van der Waals surface area contributed by atoms with Crippen LogP contribution in [0.1, 0.15) is 31.4 Å². The molecule has 2 saturated heterocycles. The van der Waals surface area contributed by atoms with Gasteiger partial charge in [-0.1, -0.05) is 0 Å². The van der Waals surface area contributed by atoms with Crippen molar-refractivity contribution in [3.63, 3.8) is 0 Å². The minimum absolute atomic E-state index is 0.129. The quantitative estimate of drug-likeness (QED) is 0.613. The molecule has 30 heavy (non-hydrogen) atoms. The molecule has 1 aromatic carbocycles. The number of anilines is 2. The van der Waals surface area contributed by atoms with Crippen molar-refractivity contribution < 1.29 is 5.11 Å². The highest BCUT2D eigenvalue weighted by atomic mass is 16.3. The first-order chi connectivity index (χ1) is 14.5. The number of nitrogen functional groups attached to an aromatic ring is 1.